The van der Waals surface area contributed by atoms with Crippen molar-refractivity contribution < 1.29 is 9.59 Å². The Kier molecular flexibility index (Phi) is 6.67. The molecular weight excluding hydrogens is 294 g/mol. The Morgan fingerprint density at radius 1 is 0.739 bits per heavy atom. The maximum Gasteiger partial charge on any atom is 0.269 e. The molecule has 7 heteroatoms. The van der Waals surface area contributed by atoms with Gasteiger partial charge in [0, 0.05) is 38.6 Å². The Labute approximate surface area is 134 Å². The molecule has 0 aliphatic rings. The first-order chi connectivity index (χ1) is 11.3. The molecule has 0 aliphatic carbocycles. The van der Waals surface area contributed by atoms with Crippen LogP contribution in [0.2, 0.25) is 0 Å². The van der Waals surface area contributed by atoms with E-state index >= 15 is 0 Å². The summed E-state index contributed by atoms with van der Waals surface area (Å²) in [7, 11) is 0. The molecule has 2 rings (SSSR count). The molecule has 0 saturated heterocycles. The van der Waals surface area contributed by atoms with Crippen LogP contribution >= 0.6 is 0 Å². The molecule has 23 heavy (non-hydrogen) atoms. The highest BCUT2D eigenvalue weighted by molar-refractivity contribution is 5.92. The van der Waals surface area contributed by atoms with Crippen LogP contribution in [-0.2, 0) is 0 Å². The predicted molar refractivity (Wildman–Crippen MR) is 86.0 cm³/mol. The van der Waals surface area contributed by atoms with Gasteiger partial charge in [-0.25, -0.2) is 0 Å². The molecule has 0 fully saturated rings. The Bertz CT molecular complexity index is 563. The second-order valence-electron chi connectivity index (χ2n) is 4.69. The minimum Gasteiger partial charge on any atom is -0.349 e. The van der Waals surface area contributed by atoms with Gasteiger partial charge in [0.15, 0.2) is 0 Å². The normalized spacial score (nSPS) is 10.1. The van der Waals surface area contributed by atoms with Crippen molar-refractivity contribution in [1.82, 2.24) is 25.9 Å². The third-order valence-electron chi connectivity index (χ3n) is 2.97. The summed E-state index contributed by atoms with van der Waals surface area (Å²) in [5, 5.41) is 8.66. The number of nitrogens with zero attached hydrogens (tertiary/aromatic N) is 2. The molecular formula is C16H19N5O2. The average Bonchev–Trinajstić information content (AvgIpc) is 2.62. The minimum absolute atomic E-state index is 0.198. The zero-order valence-corrected chi connectivity index (χ0v) is 12.7. The van der Waals surface area contributed by atoms with E-state index in [2.05, 4.69) is 25.9 Å². The van der Waals surface area contributed by atoms with Gasteiger partial charge < -0.3 is 16.0 Å². The van der Waals surface area contributed by atoms with Crippen LogP contribution in [0.4, 0.5) is 0 Å². The van der Waals surface area contributed by atoms with Crippen LogP contribution in [0.15, 0.2) is 48.8 Å². The zero-order valence-electron chi connectivity index (χ0n) is 12.7. The van der Waals surface area contributed by atoms with Crippen molar-refractivity contribution in [2.45, 2.75) is 0 Å². The summed E-state index contributed by atoms with van der Waals surface area (Å²) in [6, 6.07) is 10.4. The average molecular weight is 313 g/mol. The number of nitrogens with one attached hydrogen (secondary N) is 3. The van der Waals surface area contributed by atoms with Crippen molar-refractivity contribution in [1.29, 1.82) is 0 Å². The largest absolute Gasteiger partial charge is 0.349 e. The van der Waals surface area contributed by atoms with E-state index in [0.29, 0.717) is 37.6 Å². The van der Waals surface area contributed by atoms with Crippen molar-refractivity contribution in [3.63, 3.8) is 0 Å². The number of hydrogen-bond donors (Lipinski definition) is 3. The number of rotatable bonds is 8. The molecule has 0 saturated carbocycles. The monoisotopic (exact) mass is 313 g/mol. The van der Waals surface area contributed by atoms with E-state index in [9.17, 15) is 9.59 Å². The lowest BCUT2D eigenvalue weighted by Crippen LogP contribution is -2.36. The Balaban J connectivity index is 1.53. The molecule has 3 N–H and O–H groups in total. The number of pyridine rings is 2. The molecule has 0 bridgehead atoms. The van der Waals surface area contributed by atoms with Gasteiger partial charge >= 0.3 is 0 Å². The molecule has 2 aromatic heterocycles. The highest BCUT2D eigenvalue weighted by atomic mass is 16.2. The highest BCUT2D eigenvalue weighted by Gasteiger charge is 2.05. The van der Waals surface area contributed by atoms with E-state index in [1.54, 1.807) is 48.8 Å². The molecule has 0 spiro atoms. The van der Waals surface area contributed by atoms with E-state index in [-0.39, 0.29) is 11.8 Å². The number of carbonyl (C=O) groups is 2. The predicted octanol–water partition coefficient (Wildman–Crippen LogP) is 0.226. The lowest BCUT2D eigenvalue weighted by molar-refractivity contribution is 0.0943. The fourth-order valence-corrected chi connectivity index (χ4v) is 1.83. The van der Waals surface area contributed by atoms with Crippen LogP contribution in [0.3, 0.4) is 0 Å². The van der Waals surface area contributed by atoms with Gasteiger partial charge in [0.2, 0.25) is 0 Å². The van der Waals surface area contributed by atoms with Gasteiger partial charge in [0.05, 0.1) is 0 Å². The van der Waals surface area contributed by atoms with Crippen LogP contribution in [0.25, 0.3) is 0 Å². The van der Waals surface area contributed by atoms with Crippen LogP contribution in [0, 0.1) is 0 Å². The standard InChI is InChI=1S/C16H19N5O2/c22-15(13-5-1-3-7-18-13)20-11-9-17-10-12-21-16(23)14-6-2-4-8-19-14/h1-8,17H,9-12H2,(H,20,22)(H,21,23). The molecule has 0 atom stereocenters. The lowest BCUT2D eigenvalue weighted by Gasteiger charge is -2.07. The highest BCUT2D eigenvalue weighted by Crippen LogP contribution is 1.92. The van der Waals surface area contributed by atoms with Gasteiger partial charge in [-0.3, -0.25) is 19.6 Å². The molecule has 0 radical (unpaired) electrons. The Morgan fingerprint density at radius 3 is 1.61 bits per heavy atom. The van der Waals surface area contributed by atoms with E-state index in [1.165, 1.54) is 0 Å². The van der Waals surface area contributed by atoms with E-state index in [1.807, 2.05) is 0 Å². The molecule has 0 aromatic carbocycles. The lowest BCUT2D eigenvalue weighted by atomic mass is 10.3. The van der Waals surface area contributed by atoms with Crippen LogP contribution in [0.1, 0.15) is 21.0 Å². The van der Waals surface area contributed by atoms with Gasteiger partial charge in [0.1, 0.15) is 11.4 Å². The SMILES string of the molecule is O=C(NCCNCCNC(=O)c1ccccn1)c1ccccn1. The van der Waals surface area contributed by atoms with Gasteiger partial charge in [-0.05, 0) is 24.3 Å². The van der Waals surface area contributed by atoms with Gasteiger partial charge in [-0.2, -0.15) is 0 Å². The van der Waals surface area contributed by atoms with Gasteiger partial charge in [0.25, 0.3) is 11.8 Å². The van der Waals surface area contributed by atoms with Crippen molar-refractivity contribution in [3.8, 4) is 0 Å². The van der Waals surface area contributed by atoms with Crippen molar-refractivity contribution in [2.75, 3.05) is 26.2 Å². The van der Waals surface area contributed by atoms with Crippen molar-refractivity contribution in [3.05, 3.63) is 60.2 Å². The summed E-state index contributed by atoms with van der Waals surface area (Å²) < 4.78 is 0. The second-order valence-corrected chi connectivity index (χ2v) is 4.69. The smallest absolute Gasteiger partial charge is 0.269 e. The summed E-state index contributed by atoms with van der Waals surface area (Å²) in [4.78, 5) is 31.4. The van der Waals surface area contributed by atoms with Crippen LogP contribution in [-0.4, -0.2) is 48.0 Å². The molecule has 2 amide bonds. The third-order valence-corrected chi connectivity index (χ3v) is 2.97. The first-order valence-corrected chi connectivity index (χ1v) is 7.36. The number of aromatic nitrogens is 2. The molecule has 0 aliphatic heterocycles. The Hall–Kier alpha value is -2.80. The van der Waals surface area contributed by atoms with E-state index in [4.69, 9.17) is 0 Å². The summed E-state index contributed by atoms with van der Waals surface area (Å²) in [6.07, 6.45) is 3.16. The molecule has 2 heterocycles. The zero-order chi connectivity index (χ0) is 16.3. The first kappa shape index (κ1) is 16.6. The fraction of sp³-hybridized carbons (Fsp3) is 0.250. The summed E-state index contributed by atoms with van der Waals surface area (Å²) in [5.74, 6) is -0.397. The summed E-state index contributed by atoms with van der Waals surface area (Å²) >= 11 is 0. The number of hydrogen-bond acceptors (Lipinski definition) is 5. The second kappa shape index (κ2) is 9.26. The molecule has 7 nitrogen and oxygen atoms in total. The van der Waals surface area contributed by atoms with Gasteiger partial charge in [-0.1, -0.05) is 12.1 Å². The maximum absolute atomic E-state index is 11.7. The number of amides is 2. The van der Waals surface area contributed by atoms with Crippen LogP contribution < -0.4 is 16.0 Å². The molecule has 2 aromatic rings. The third kappa shape index (κ3) is 5.84. The number of carbonyl (C=O) groups excluding carboxylic acids is 2. The van der Waals surface area contributed by atoms with Crippen molar-refractivity contribution >= 4 is 11.8 Å². The minimum atomic E-state index is -0.198. The fourth-order valence-electron chi connectivity index (χ4n) is 1.83. The quantitative estimate of drug-likeness (QED) is 0.606. The molecule has 120 valence electrons. The van der Waals surface area contributed by atoms with E-state index in [0.717, 1.165) is 0 Å². The van der Waals surface area contributed by atoms with Crippen LogP contribution in [0.5, 0.6) is 0 Å². The summed E-state index contributed by atoms with van der Waals surface area (Å²) in [6.45, 7) is 2.20. The Morgan fingerprint density at radius 2 is 1.22 bits per heavy atom. The topological polar surface area (TPSA) is 96.0 Å². The van der Waals surface area contributed by atoms with E-state index < -0.39 is 0 Å². The summed E-state index contributed by atoms with van der Waals surface area (Å²) in [5.41, 5.74) is 0.797. The maximum atomic E-state index is 11.7. The first-order valence-electron chi connectivity index (χ1n) is 7.36. The van der Waals surface area contributed by atoms with Gasteiger partial charge in [-0.15, -0.1) is 0 Å². The van der Waals surface area contributed by atoms with Crippen molar-refractivity contribution in [2.24, 2.45) is 0 Å². The molecule has 0 unspecified atom stereocenters.